The molecule has 0 aliphatic rings. The average molecular weight is 328 g/mol. The molecular weight excluding hydrogens is 300 g/mol. The van der Waals surface area contributed by atoms with Crippen LogP contribution in [0.5, 0.6) is 0 Å². The summed E-state index contributed by atoms with van der Waals surface area (Å²) in [6.07, 6.45) is 0.628. The Morgan fingerprint density at radius 3 is 2.04 bits per heavy atom. The summed E-state index contributed by atoms with van der Waals surface area (Å²) in [7, 11) is 0. The van der Waals surface area contributed by atoms with Gasteiger partial charge in [0.25, 0.3) is 0 Å². The van der Waals surface area contributed by atoms with Crippen molar-refractivity contribution in [3.05, 3.63) is 46.8 Å². The van der Waals surface area contributed by atoms with E-state index in [4.69, 9.17) is 0 Å². The second-order valence-corrected chi connectivity index (χ2v) is 8.66. The van der Waals surface area contributed by atoms with Crippen LogP contribution >= 0.6 is 0 Å². The summed E-state index contributed by atoms with van der Waals surface area (Å²) < 4.78 is 1.75. The lowest BCUT2D eigenvalue weighted by Gasteiger charge is -2.19. The highest BCUT2D eigenvalue weighted by Crippen LogP contribution is 2.27. The minimum atomic E-state index is -0.913. The number of rotatable bonds is 3. The van der Waals surface area contributed by atoms with Gasteiger partial charge in [0.15, 0.2) is 0 Å². The molecule has 1 N–H and O–H groups in total. The molecule has 0 aliphatic heterocycles. The maximum absolute atomic E-state index is 11.7. The molecule has 0 amide bonds. The van der Waals surface area contributed by atoms with Gasteiger partial charge < -0.3 is 5.11 Å². The zero-order valence-electron chi connectivity index (χ0n) is 15.8. The number of carboxylic acids is 1. The number of carboxylic acid groups (broad SMARTS) is 1. The van der Waals surface area contributed by atoms with Gasteiger partial charge in [-0.05, 0) is 41.9 Å². The van der Waals surface area contributed by atoms with E-state index >= 15 is 0 Å². The predicted octanol–water partition coefficient (Wildman–Crippen LogP) is 4.77. The first-order chi connectivity index (χ1) is 10.9. The normalized spacial score (nSPS) is 12.5. The van der Waals surface area contributed by atoms with Gasteiger partial charge >= 0.3 is 5.97 Å². The van der Waals surface area contributed by atoms with Crippen molar-refractivity contribution in [2.75, 3.05) is 0 Å². The molecule has 0 bridgehead atoms. The minimum Gasteiger partial charge on any atom is -0.478 e. The summed E-state index contributed by atoms with van der Waals surface area (Å²) in [6, 6.07) is 8.18. The van der Waals surface area contributed by atoms with Crippen molar-refractivity contribution in [1.29, 1.82) is 0 Å². The van der Waals surface area contributed by atoms with Crippen molar-refractivity contribution < 1.29 is 9.90 Å². The molecule has 0 atom stereocenters. The first kappa shape index (κ1) is 18.2. The zero-order chi connectivity index (χ0) is 18.3. The Labute approximate surface area is 144 Å². The lowest BCUT2D eigenvalue weighted by molar-refractivity contribution is 0.0694. The average Bonchev–Trinajstić information content (AvgIpc) is 2.72. The number of hydrogen-bond acceptors (Lipinski definition) is 2. The van der Waals surface area contributed by atoms with E-state index in [1.807, 2.05) is 19.1 Å². The third-order valence-electron chi connectivity index (χ3n) is 4.08. The number of hydrogen-bond donors (Lipinski definition) is 1. The number of carbonyl (C=O) groups is 1. The molecule has 0 unspecified atom stereocenters. The van der Waals surface area contributed by atoms with Crippen molar-refractivity contribution in [2.24, 2.45) is 5.41 Å². The van der Waals surface area contributed by atoms with Gasteiger partial charge in [0, 0.05) is 0 Å². The molecule has 4 heteroatoms. The van der Waals surface area contributed by atoms with Crippen LogP contribution in [0.15, 0.2) is 24.3 Å². The Kier molecular flexibility index (Phi) is 4.62. The van der Waals surface area contributed by atoms with Crippen molar-refractivity contribution >= 4 is 5.97 Å². The maximum Gasteiger partial charge on any atom is 0.339 e. The fraction of sp³-hybridized carbons (Fsp3) is 0.500. The lowest BCUT2D eigenvalue weighted by atomic mass is 9.87. The standard InChI is InChI=1S/C20H28N2O2/c1-13-17(18(23)24)16(12-19(2,3)4)21-22(13)15-10-8-14(9-11-15)20(5,6)7/h8-11H,12H2,1-7H3,(H,23,24). The zero-order valence-corrected chi connectivity index (χ0v) is 15.8. The SMILES string of the molecule is Cc1c(C(=O)O)c(CC(C)(C)C)nn1-c1ccc(C(C)(C)C)cc1. The minimum absolute atomic E-state index is 0.0219. The highest BCUT2D eigenvalue weighted by Gasteiger charge is 2.25. The van der Waals surface area contributed by atoms with Crippen LogP contribution in [0, 0.1) is 12.3 Å². The van der Waals surface area contributed by atoms with Gasteiger partial charge in [0.05, 0.1) is 17.1 Å². The first-order valence-corrected chi connectivity index (χ1v) is 8.33. The quantitative estimate of drug-likeness (QED) is 0.883. The molecule has 130 valence electrons. The molecular formula is C20H28N2O2. The maximum atomic E-state index is 11.7. The molecule has 0 saturated heterocycles. The molecule has 24 heavy (non-hydrogen) atoms. The number of nitrogens with zero attached hydrogens (tertiary/aromatic N) is 2. The fourth-order valence-corrected chi connectivity index (χ4v) is 2.82. The predicted molar refractivity (Wildman–Crippen MR) is 97.1 cm³/mol. The van der Waals surface area contributed by atoms with Gasteiger partial charge in [-0.2, -0.15) is 5.10 Å². The second kappa shape index (κ2) is 6.08. The Morgan fingerprint density at radius 2 is 1.62 bits per heavy atom. The van der Waals surface area contributed by atoms with E-state index in [1.165, 1.54) is 5.56 Å². The Morgan fingerprint density at radius 1 is 1.08 bits per heavy atom. The molecule has 2 aromatic rings. The topological polar surface area (TPSA) is 55.1 Å². The van der Waals surface area contributed by atoms with E-state index in [0.717, 1.165) is 5.69 Å². The van der Waals surface area contributed by atoms with E-state index in [0.29, 0.717) is 23.4 Å². The van der Waals surface area contributed by atoms with Gasteiger partial charge in [-0.15, -0.1) is 0 Å². The summed E-state index contributed by atoms with van der Waals surface area (Å²) in [5.74, 6) is -0.913. The Bertz CT molecular complexity index is 742. The van der Waals surface area contributed by atoms with Crippen LogP contribution in [-0.2, 0) is 11.8 Å². The van der Waals surface area contributed by atoms with Crippen LogP contribution in [0.1, 0.15) is 68.9 Å². The van der Waals surface area contributed by atoms with Gasteiger partial charge in [0.1, 0.15) is 5.56 Å². The van der Waals surface area contributed by atoms with E-state index in [9.17, 15) is 9.90 Å². The van der Waals surface area contributed by atoms with Gasteiger partial charge in [-0.25, -0.2) is 9.48 Å². The van der Waals surface area contributed by atoms with E-state index in [2.05, 4.69) is 58.8 Å². The van der Waals surface area contributed by atoms with Gasteiger partial charge in [-0.1, -0.05) is 53.7 Å². The summed E-state index contributed by atoms with van der Waals surface area (Å²) in [6.45, 7) is 14.6. The molecule has 0 radical (unpaired) electrons. The number of aromatic carboxylic acids is 1. The molecule has 0 aliphatic carbocycles. The molecule has 1 heterocycles. The highest BCUT2D eigenvalue weighted by molar-refractivity contribution is 5.90. The van der Waals surface area contributed by atoms with Crippen LogP contribution in [-0.4, -0.2) is 20.9 Å². The van der Waals surface area contributed by atoms with Gasteiger partial charge in [0.2, 0.25) is 0 Å². The van der Waals surface area contributed by atoms with Crippen LogP contribution in [0.3, 0.4) is 0 Å². The van der Waals surface area contributed by atoms with Crippen LogP contribution in [0.25, 0.3) is 5.69 Å². The molecule has 1 aromatic heterocycles. The van der Waals surface area contributed by atoms with Crippen LogP contribution in [0.2, 0.25) is 0 Å². The van der Waals surface area contributed by atoms with Crippen molar-refractivity contribution in [3.63, 3.8) is 0 Å². The first-order valence-electron chi connectivity index (χ1n) is 8.33. The highest BCUT2D eigenvalue weighted by atomic mass is 16.4. The van der Waals surface area contributed by atoms with Crippen molar-refractivity contribution in [1.82, 2.24) is 9.78 Å². The van der Waals surface area contributed by atoms with Crippen molar-refractivity contribution in [3.8, 4) is 5.69 Å². The molecule has 1 aromatic carbocycles. The van der Waals surface area contributed by atoms with Crippen LogP contribution < -0.4 is 0 Å². The molecule has 0 fully saturated rings. The van der Waals surface area contributed by atoms with Crippen LogP contribution in [0.4, 0.5) is 0 Å². The largest absolute Gasteiger partial charge is 0.478 e. The van der Waals surface area contributed by atoms with Gasteiger partial charge in [-0.3, -0.25) is 0 Å². The molecule has 2 rings (SSSR count). The third-order valence-corrected chi connectivity index (χ3v) is 4.08. The van der Waals surface area contributed by atoms with Crippen molar-refractivity contribution in [2.45, 2.75) is 60.3 Å². The lowest BCUT2D eigenvalue weighted by Crippen LogP contribution is -2.13. The number of aromatic nitrogens is 2. The molecule has 4 nitrogen and oxygen atoms in total. The van der Waals surface area contributed by atoms with E-state index in [-0.39, 0.29) is 10.8 Å². The van der Waals surface area contributed by atoms with E-state index in [1.54, 1.807) is 4.68 Å². The monoisotopic (exact) mass is 328 g/mol. The fourth-order valence-electron chi connectivity index (χ4n) is 2.82. The molecule has 0 spiro atoms. The summed E-state index contributed by atoms with van der Waals surface area (Å²) in [4.78, 5) is 11.7. The Hall–Kier alpha value is -2.10. The summed E-state index contributed by atoms with van der Waals surface area (Å²) in [5, 5.41) is 14.2. The Balaban J connectivity index is 2.51. The summed E-state index contributed by atoms with van der Waals surface area (Å²) >= 11 is 0. The second-order valence-electron chi connectivity index (χ2n) is 8.66. The third kappa shape index (κ3) is 3.86. The van der Waals surface area contributed by atoms with E-state index < -0.39 is 5.97 Å². The summed E-state index contributed by atoms with van der Waals surface area (Å²) in [5.41, 5.74) is 3.84. The number of benzene rings is 1. The smallest absolute Gasteiger partial charge is 0.339 e. The molecule has 0 saturated carbocycles.